The van der Waals surface area contributed by atoms with Crippen molar-refractivity contribution in [1.29, 1.82) is 0 Å². The van der Waals surface area contributed by atoms with E-state index >= 15 is 0 Å². The lowest BCUT2D eigenvalue weighted by atomic mass is 9.92. The van der Waals surface area contributed by atoms with Crippen LogP contribution in [0.25, 0.3) is 0 Å². The van der Waals surface area contributed by atoms with E-state index < -0.39 is 5.54 Å². The average molecular weight is 424 g/mol. The summed E-state index contributed by atoms with van der Waals surface area (Å²) in [6, 6.07) is 11.2. The molecule has 1 aromatic carbocycles. The quantitative estimate of drug-likeness (QED) is 0.790. The van der Waals surface area contributed by atoms with Crippen molar-refractivity contribution in [2.75, 3.05) is 7.05 Å². The van der Waals surface area contributed by atoms with E-state index in [1.54, 1.807) is 18.9 Å². The Hall–Kier alpha value is -0.590. The second-order valence-electron chi connectivity index (χ2n) is 5.08. The van der Waals surface area contributed by atoms with Gasteiger partial charge in [-0.15, -0.1) is 23.7 Å². The third-order valence-corrected chi connectivity index (χ3v) is 5.00. The normalized spacial score (nSPS) is 13.1. The highest BCUT2D eigenvalue weighted by atomic mass is 79.9. The minimum Gasteiger partial charge on any atom is -0.339 e. The van der Waals surface area contributed by atoms with Crippen molar-refractivity contribution < 1.29 is 4.79 Å². The maximum absolute atomic E-state index is 12.6. The van der Waals surface area contributed by atoms with Gasteiger partial charge in [-0.05, 0) is 36.8 Å². The highest BCUT2D eigenvalue weighted by molar-refractivity contribution is 9.10. The van der Waals surface area contributed by atoms with Crippen molar-refractivity contribution in [2.24, 2.45) is 5.73 Å². The zero-order valence-corrected chi connectivity index (χ0v) is 16.2. The van der Waals surface area contributed by atoms with E-state index in [4.69, 9.17) is 17.3 Å². The Kier molecular flexibility index (Phi) is 6.89. The van der Waals surface area contributed by atoms with Gasteiger partial charge in [0.25, 0.3) is 0 Å². The second kappa shape index (κ2) is 7.79. The molecule has 2 N–H and O–H groups in total. The largest absolute Gasteiger partial charge is 0.339 e. The molecule has 0 bridgehead atoms. The number of halogens is 3. The van der Waals surface area contributed by atoms with Crippen LogP contribution in [0.4, 0.5) is 0 Å². The third-order valence-electron chi connectivity index (χ3n) is 3.26. The average Bonchev–Trinajstić information content (AvgIpc) is 2.83. The predicted molar refractivity (Wildman–Crippen MR) is 98.7 cm³/mol. The van der Waals surface area contributed by atoms with E-state index in [1.807, 2.05) is 36.4 Å². The summed E-state index contributed by atoms with van der Waals surface area (Å²) >= 11 is 10.8. The number of likely N-dealkylation sites (N-methyl/N-ethyl adjacent to an activating group) is 1. The Morgan fingerprint density at radius 3 is 2.41 bits per heavy atom. The highest BCUT2D eigenvalue weighted by Gasteiger charge is 2.33. The van der Waals surface area contributed by atoms with E-state index in [0.29, 0.717) is 10.9 Å². The van der Waals surface area contributed by atoms with Crippen LogP contribution >= 0.6 is 51.3 Å². The Bertz CT molecular complexity index is 643. The third kappa shape index (κ3) is 4.46. The molecule has 0 aliphatic heterocycles. The van der Waals surface area contributed by atoms with Crippen LogP contribution in [0.3, 0.4) is 0 Å². The van der Waals surface area contributed by atoms with Gasteiger partial charge in [0.1, 0.15) is 5.54 Å². The van der Waals surface area contributed by atoms with Gasteiger partial charge in [-0.3, -0.25) is 4.79 Å². The number of rotatable bonds is 4. The Balaban J connectivity index is 0.00000242. The molecule has 22 heavy (non-hydrogen) atoms. The molecule has 0 spiro atoms. The van der Waals surface area contributed by atoms with E-state index in [2.05, 4.69) is 15.9 Å². The molecular weight excluding hydrogens is 407 g/mol. The van der Waals surface area contributed by atoms with Crippen LogP contribution in [-0.4, -0.2) is 17.9 Å². The van der Waals surface area contributed by atoms with Gasteiger partial charge >= 0.3 is 0 Å². The van der Waals surface area contributed by atoms with E-state index in [0.717, 1.165) is 14.9 Å². The van der Waals surface area contributed by atoms with Crippen LogP contribution < -0.4 is 5.73 Å². The first-order valence-corrected chi connectivity index (χ1v) is 8.34. The topological polar surface area (TPSA) is 46.3 Å². The number of carbonyl (C=O) groups is 1. The standard InChI is InChI=1S/C15H16BrClN2OS.ClH/c1-15(18,10-3-5-11(16)6-4-10)14(20)19(2)9-12-7-8-13(17)21-12;/h3-8H,9,18H2,1-2H3;1H. The van der Waals surface area contributed by atoms with Gasteiger partial charge in [0, 0.05) is 16.4 Å². The van der Waals surface area contributed by atoms with Crippen LogP contribution in [0, 0.1) is 0 Å². The van der Waals surface area contributed by atoms with Crippen molar-refractivity contribution in [3.63, 3.8) is 0 Å². The van der Waals surface area contributed by atoms with Gasteiger partial charge in [-0.25, -0.2) is 0 Å². The lowest BCUT2D eigenvalue weighted by Crippen LogP contribution is -2.49. The minimum atomic E-state index is -1.06. The molecule has 1 amide bonds. The highest BCUT2D eigenvalue weighted by Crippen LogP contribution is 2.25. The van der Waals surface area contributed by atoms with Crippen molar-refractivity contribution in [3.05, 3.63) is 55.6 Å². The summed E-state index contributed by atoms with van der Waals surface area (Å²) in [6.07, 6.45) is 0. The molecule has 1 heterocycles. The molecule has 0 saturated carbocycles. The first-order chi connectivity index (χ1) is 9.80. The second-order valence-corrected chi connectivity index (χ2v) is 7.79. The molecule has 3 nitrogen and oxygen atoms in total. The molecule has 0 aliphatic rings. The van der Waals surface area contributed by atoms with Gasteiger partial charge in [-0.2, -0.15) is 0 Å². The van der Waals surface area contributed by atoms with Crippen LogP contribution in [0.2, 0.25) is 4.34 Å². The number of benzene rings is 1. The fourth-order valence-electron chi connectivity index (χ4n) is 2.06. The number of amides is 1. The van der Waals surface area contributed by atoms with Gasteiger partial charge < -0.3 is 10.6 Å². The first-order valence-electron chi connectivity index (χ1n) is 6.35. The summed E-state index contributed by atoms with van der Waals surface area (Å²) < 4.78 is 1.67. The van der Waals surface area contributed by atoms with Crippen LogP contribution in [0.5, 0.6) is 0 Å². The van der Waals surface area contributed by atoms with Crippen molar-refractivity contribution >= 4 is 57.2 Å². The fraction of sp³-hybridized carbons (Fsp3) is 0.267. The van der Waals surface area contributed by atoms with Gasteiger partial charge in [-0.1, -0.05) is 39.7 Å². The molecule has 120 valence electrons. The molecule has 0 saturated heterocycles. The van der Waals surface area contributed by atoms with E-state index in [9.17, 15) is 4.79 Å². The van der Waals surface area contributed by atoms with Gasteiger partial charge in [0.05, 0.1) is 10.9 Å². The minimum absolute atomic E-state index is 0. The Morgan fingerprint density at radius 2 is 1.91 bits per heavy atom. The monoisotopic (exact) mass is 422 g/mol. The SMILES string of the molecule is CN(Cc1ccc(Cl)s1)C(=O)C(C)(N)c1ccc(Br)cc1.Cl. The molecule has 1 aromatic heterocycles. The van der Waals surface area contributed by atoms with Gasteiger partial charge in [0.15, 0.2) is 0 Å². The molecule has 0 radical (unpaired) electrons. The number of nitrogens with zero attached hydrogens (tertiary/aromatic N) is 1. The molecule has 0 aliphatic carbocycles. The Morgan fingerprint density at radius 1 is 1.32 bits per heavy atom. The summed E-state index contributed by atoms with van der Waals surface area (Å²) in [5, 5.41) is 0. The van der Waals surface area contributed by atoms with Crippen molar-refractivity contribution in [1.82, 2.24) is 4.90 Å². The smallest absolute Gasteiger partial charge is 0.247 e. The van der Waals surface area contributed by atoms with E-state index in [1.165, 1.54) is 11.3 Å². The fourth-order valence-corrected chi connectivity index (χ4v) is 3.46. The Labute approximate surface area is 154 Å². The van der Waals surface area contributed by atoms with Crippen LogP contribution in [0.15, 0.2) is 40.9 Å². The van der Waals surface area contributed by atoms with Crippen LogP contribution in [0.1, 0.15) is 17.4 Å². The number of hydrogen-bond donors (Lipinski definition) is 1. The van der Waals surface area contributed by atoms with Gasteiger partial charge in [0.2, 0.25) is 5.91 Å². The van der Waals surface area contributed by atoms with Crippen molar-refractivity contribution in [3.8, 4) is 0 Å². The summed E-state index contributed by atoms with van der Waals surface area (Å²) in [5.74, 6) is -0.130. The molecule has 1 atom stereocenters. The summed E-state index contributed by atoms with van der Waals surface area (Å²) in [7, 11) is 1.75. The molecule has 7 heteroatoms. The lowest BCUT2D eigenvalue weighted by molar-refractivity contribution is -0.135. The molecule has 1 unspecified atom stereocenters. The van der Waals surface area contributed by atoms with E-state index in [-0.39, 0.29) is 18.3 Å². The zero-order chi connectivity index (χ0) is 15.6. The number of carbonyl (C=O) groups excluding carboxylic acids is 1. The maximum Gasteiger partial charge on any atom is 0.247 e. The molecule has 0 fully saturated rings. The number of hydrogen-bond acceptors (Lipinski definition) is 3. The molecular formula is C15H17BrCl2N2OS. The number of thiophene rings is 1. The number of nitrogens with two attached hydrogens (primary N) is 1. The summed E-state index contributed by atoms with van der Waals surface area (Å²) in [6.45, 7) is 2.23. The zero-order valence-electron chi connectivity index (χ0n) is 12.2. The maximum atomic E-state index is 12.6. The summed E-state index contributed by atoms with van der Waals surface area (Å²) in [5.41, 5.74) is 5.99. The van der Waals surface area contributed by atoms with Crippen LogP contribution in [-0.2, 0) is 16.9 Å². The first kappa shape index (κ1) is 19.5. The predicted octanol–water partition coefficient (Wildman–Crippen LogP) is 4.42. The summed E-state index contributed by atoms with van der Waals surface area (Å²) in [4.78, 5) is 15.3. The molecule has 2 aromatic rings. The molecule has 2 rings (SSSR count). The van der Waals surface area contributed by atoms with Crippen molar-refractivity contribution in [2.45, 2.75) is 19.0 Å². The lowest BCUT2D eigenvalue weighted by Gasteiger charge is -2.29.